The molecule has 4 bridgehead atoms. The van der Waals surface area contributed by atoms with E-state index in [4.69, 9.17) is 18.9 Å². The quantitative estimate of drug-likeness (QED) is 0.369. The minimum absolute atomic E-state index is 0.111. The third-order valence-electron chi connectivity index (χ3n) is 8.79. The van der Waals surface area contributed by atoms with Gasteiger partial charge in [-0.25, -0.2) is 0 Å². The van der Waals surface area contributed by atoms with Gasteiger partial charge >= 0.3 is 0 Å². The van der Waals surface area contributed by atoms with Crippen molar-refractivity contribution in [2.45, 2.75) is 89.6 Å². The van der Waals surface area contributed by atoms with Crippen molar-refractivity contribution in [3.63, 3.8) is 0 Å². The van der Waals surface area contributed by atoms with E-state index in [0.29, 0.717) is 44.1 Å². The van der Waals surface area contributed by atoms with Crippen LogP contribution < -0.4 is 0 Å². The normalized spacial score (nSPS) is 40.6. The van der Waals surface area contributed by atoms with Gasteiger partial charge in [0.1, 0.15) is 6.79 Å². The molecule has 27 heavy (non-hydrogen) atoms. The van der Waals surface area contributed by atoms with E-state index in [1.165, 1.54) is 77.0 Å². The second kappa shape index (κ2) is 8.69. The zero-order chi connectivity index (χ0) is 18.6. The summed E-state index contributed by atoms with van der Waals surface area (Å²) in [5.74, 6) is 1.07. The molecule has 6 aliphatic carbocycles. The number of hydrogen-bond donors (Lipinski definition) is 0. The third kappa shape index (κ3) is 4.10. The molecule has 156 valence electrons. The van der Waals surface area contributed by atoms with Crippen LogP contribution in [0.15, 0.2) is 0 Å². The van der Waals surface area contributed by atoms with Crippen molar-refractivity contribution in [2.75, 3.05) is 39.8 Å². The molecule has 0 unspecified atom stereocenters. The summed E-state index contributed by atoms with van der Waals surface area (Å²) >= 11 is 0. The van der Waals surface area contributed by atoms with Crippen molar-refractivity contribution >= 4 is 0 Å². The van der Waals surface area contributed by atoms with Crippen LogP contribution in [0.3, 0.4) is 0 Å². The molecule has 0 spiro atoms. The highest BCUT2D eigenvalue weighted by Crippen LogP contribution is 2.69. The molecule has 0 aromatic carbocycles. The topological polar surface area (TPSA) is 36.9 Å². The van der Waals surface area contributed by atoms with Crippen LogP contribution in [0.5, 0.6) is 0 Å². The summed E-state index contributed by atoms with van der Waals surface area (Å²) in [6, 6.07) is 0. The Hall–Kier alpha value is -0.160. The van der Waals surface area contributed by atoms with Crippen LogP contribution >= 0.6 is 0 Å². The van der Waals surface area contributed by atoms with E-state index in [0.717, 1.165) is 12.5 Å². The van der Waals surface area contributed by atoms with E-state index in [2.05, 4.69) is 0 Å². The highest BCUT2D eigenvalue weighted by Gasteiger charge is 2.60. The SMILES string of the molecule is CCOCCOCCOCOC12CCC(C34CCC(CC3)CC4)(CC1)CC2. The lowest BCUT2D eigenvalue weighted by atomic mass is 9.42. The minimum atomic E-state index is 0.111. The van der Waals surface area contributed by atoms with Gasteiger partial charge in [-0.15, -0.1) is 0 Å². The molecule has 6 rings (SSSR count). The maximum atomic E-state index is 6.31. The maximum absolute atomic E-state index is 6.31. The van der Waals surface area contributed by atoms with Crippen LogP contribution in [-0.2, 0) is 18.9 Å². The molecule has 6 saturated carbocycles. The van der Waals surface area contributed by atoms with Crippen molar-refractivity contribution in [1.29, 1.82) is 0 Å². The second-order valence-corrected chi connectivity index (χ2v) is 9.71. The van der Waals surface area contributed by atoms with Crippen LogP contribution in [-0.4, -0.2) is 45.4 Å². The highest BCUT2D eigenvalue weighted by atomic mass is 16.7. The van der Waals surface area contributed by atoms with E-state index < -0.39 is 0 Å². The Morgan fingerprint density at radius 1 is 0.630 bits per heavy atom. The van der Waals surface area contributed by atoms with E-state index in [1.54, 1.807) is 0 Å². The van der Waals surface area contributed by atoms with Gasteiger partial charge in [-0.3, -0.25) is 0 Å². The summed E-state index contributed by atoms with van der Waals surface area (Å²) in [7, 11) is 0. The van der Waals surface area contributed by atoms with Gasteiger partial charge in [-0.1, -0.05) is 0 Å². The van der Waals surface area contributed by atoms with Crippen molar-refractivity contribution < 1.29 is 18.9 Å². The van der Waals surface area contributed by atoms with Gasteiger partial charge in [-0.2, -0.15) is 0 Å². The van der Waals surface area contributed by atoms with E-state index in [-0.39, 0.29) is 5.60 Å². The lowest BCUT2D eigenvalue weighted by Crippen LogP contribution is -2.57. The molecule has 6 fully saturated rings. The standard InChI is InChI=1S/C23H40O4/c1-2-24-15-16-25-17-18-26-19-27-23-12-9-22(10-13-23,11-14-23)21-6-3-20(4-7-21)5-8-21/h20H,2-19H2,1H3. The van der Waals surface area contributed by atoms with Gasteiger partial charge in [0.05, 0.1) is 32.0 Å². The van der Waals surface area contributed by atoms with Crippen LogP contribution in [0.25, 0.3) is 0 Å². The minimum Gasteiger partial charge on any atom is -0.379 e. The fraction of sp³-hybridized carbons (Fsp3) is 1.00. The molecule has 0 radical (unpaired) electrons. The monoisotopic (exact) mass is 380 g/mol. The number of hydrogen-bond acceptors (Lipinski definition) is 4. The van der Waals surface area contributed by atoms with Gasteiger partial charge in [0.2, 0.25) is 0 Å². The van der Waals surface area contributed by atoms with Crippen molar-refractivity contribution in [3.05, 3.63) is 0 Å². The Morgan fingerprint density at radius 3 is 1.74 bits per heavy atom. The molecule has 0 atom stereocenters. The summed E-state index contributed by atoms with van der Waals surface area (Å²) in [4.78, 5) is 0. The molecule has 0 amide bonds. The number of rotatable bonds is 11. The van der Waals surface area contributed by atoms with Crippen molar-refractivity contribution in [3.8, 4) is 0 Å². The first-order chi connectivity index (χ1) is 13.2. The van der Waals surface area contributed by atoms with Gasteiger partial charge in [0.15, 0.2) is 0 Å². The highest BCUT2D eigenvalue weighted by molar-refractivity contribution is 5.11. The van der Waals surface area contributed by atoms with E-state index >= 15 is 0 Å². The predicted octanol–water partition coefficient (Wildman–Crippen LogP) is 5.09. The molecule has 4 nitrogen and oxygen atoms in total. The zero-order valence-electron chi connectivity index (χ0n) is 17.4. The largest absolute Gasteiger partial charge is 0.379 e. The fourth-order valence-corrected chi connectivity index (χ4v) is 6.92. The Balaban J connectivity index is 1.17. The average Bonchev–Trinajstić information content (AvgIpc) is 2.75. The smallest absolute Gasteiger partial charge is 0.147 e. The van der Waals surface area contributed by atoms with Crippen LogP contribution in [0.2, 0.25) is 0 Å². The summed E-state index contributed by atoms with van der Waals surface area (Å²) in [6.45, 7) is 5.71. The van der Waals surface area contributed by atoms with Crippen LogP contribution in [0.4, 0.5) is 0 Å². The Labute approximate surface area is 165 Å². The molecular formula is C23H40O4. The summed E-state index contributed by atoms with van der Waals surface area (Å²) in [5, 5.41) is 0. The molecule has 4 heteroatoms. The van der Waals surface area contributed by atoms with Gasteiger partial charge < -0.3 is 18.9 Å². The second-order valence-electron chi connectivity index (χ2n) is 9.71. The summed E-state index contributed by atoms with van der Waals surface area (Å²) < 4.78 is 22.7. The molecule has 6 aliphatic rings. The van der Waals surface area contributed by atoms with Crippen molar-refractivity contribution in [1.82, 2.24) is 0 Å². The fourth-order valence-electron chi connectivity index (χ4n) is 6.92. The molecule has 0 aromatic rings. The lowest BCUT2D eigenvalue weighted by Gasteiger charge is -2.64. The molecule has 0 aliphatic heterocycles. The Morgan fingerprint density at radius 2 is 1.15 bits per heavy atom. The van der Waals surface area contributed by atoms with E-state index in [1.807, 2.05) is 6.92 Å². The number of ether oxygens (including phenoxy) is 4. The summed E-state index contributed by atoms with van der Waals surface area (Å²) in [5.41, 5.74) is 1.46. The molecule has 0 heterocycles. The lowest BCUT2D eigenvalue weighted by molar-refractivity contribution is -0.221. The van der Waals surface area contributed by atoms with E-state index in [9.17, 15) is 0 Å². The third-order valence-corrected chi connectivity index (χ3v) is 8.79. The first-order valence-electron chi connectivity index (χ1n) is 11.6. The predicted molar refractivity (Wildman–Crippen MR) is 106 cm³/mol. The molecule has 0 N–H and O–H groups in total. The number of fused-ring (bicyclic) bond motifs is 6. The van der Waals surface area contributed by atoms with Crippen LogP contribution in [0, 0.1) is 16.7 Å². The zero-order valence-corrected chi connectivity index (χ0v) is 17.4. The molecule has 0 saturated heterocycles. The Kier molecular flexibility index (Phi) is 6.48. The van der Waals surface area contributed by atoms with Crippen LogP contribution in [0.1, 0.15) is 84.0 Å². The average molecular weight is 381 g/mol. The maximum Gasteiger partial charge on any atom is 0.147 e. The first kappa shape index (κ1) is 20.1. The first-order valence-corrected chi connectivity index (χ1v) is 11.6. The van der Waals surface area contributed by atoms with Gasteiger partial charge in [-0.05, 0) is 101 Å². The molecule has 0 aromatic heterocycles. The Bertz CT molecular complexity index is 431. The summed E-state index contributed by atoms with van der Waals surface area (Å²) in [6.07, 6.45) is 17.1. The molecular weight excluding hydrogens is 340 g/mol. The van der Waals surface area contributed by atoms with Crippen molar-refractivity contribution in [2.24, 2.45) is 16.7 Å². The van der Waals surface area contributed by atoms with Gasteiger partial charge in [0, 0.05) is 6.61 Å². The van der Waals surface area contributed by atoms with Gasteiger partial charge in [0.25, 0.3) is 0 Å².